The second-order valence-corrected chi connectivity index (χ2v) is 7.45. The number of rotatable bonds is 5. The van der Waals surface area contributed by atoms with E-state index in [1.807, 2.05) is 18.2 Å². The number of furan rings is 1. The number of anilines is 2. The lowest BCUT2D eigenvalue weighted by atomic mass is 10.1. The Hall–Kier alpha value is -3.16. The molecule has 6 nitrogen and oxygen atoms in total. The number of thiazole rings is 1. The number of fused-ring (bicyclic) bond motifs is 1. The monoisotopic (exact) mass is 411 g/mol. The lowest BCUT2D eigenvalue weighted by molar-refractivity contribution is -0.115. The van der Waals surface area contributed by atoms with Crippen LogP contribution in [0, 0.1) is 0 Å². The Morgan fingerprint density at radius 1 is 1.07 bits per heavy atom. The van der Waals surface area contributed by atoms with Crippen molar-refractivity contribution < 1.29 is 14.0 Å². The summed E-state index contributed by atoms with van der Waals surface area (Å²) >= 11 is 7.18. The van der Waals surface area contributed by atoms with Crippen molar-refractivity contribution in [2.75, 3.05) is 10.6 Å². The van der Waals surface area contributed by atoms with E-state index in [0.717, 1.165) is 15.8 Å². The second kappa shape index (κ2) is 7.84. The Morgan fingerprint density at radius 3 is 2.64 bits per heavy atom. The summed E-state index contributed by atoms with van der Waals surface area (Å²) in [4.78, 5) is 28.7. The quantitative estimate of drug-likeness (QED) is 0.485. The molecule has 0 aliphatic rings. The molecule has 28 heavy (non-hydrogen) atoms. The molecule has 0 aliphatic carbocycles. The predicted molar refractivity (Wildman–Crippen MR) is 110 cm³/mol. The van der Waals surface area contributed by atoms with E-state index in [4.69, 9.17) is 16.0 Å². The first kappa shape index (κ1) is 18.2. The van der Waals surface area contributed by atoms with Gasteiger partial charge in [-0.1, -0.05) is 35.1 Å². The number of nitrogens with one attached hydrogen (secondary N) is 2. The third kappa shape index (κ3) is 4.21. The molecule has 2 N–H and O–H groups in total. The van der Waals surface area contributed by atoms with Gasteiger partial charge >= 0.3 is 0 Å². The first-order valence-electron chi connectivity index (χ1n) is 8.36. The number of carbonyl (C=O) groups is 2. The summed E-state index contributed by atoms with van der Waals surface area (Å²) in [5.41, 5.74) is 2.28. The lowest BCUT2D eigenvalue weighted by Crippen LogP contribution is -2.14. The van der Waals surface area contributed by atoms with Gasteiger partial charge in [0, 0.05) is 10.7 Å². The molecule has 0 unspecified atom stereocenters. The average Bonchev–Trinajstić information content (AvgIpc) is 3.32. The van der Waals surface area contributed by atoms with Crippen LogP contribution in [0.2, 0.25) is 5.02 Å². The standard InChI is InChI=1S/C20H14ClN3O3S/c21-13-5-3-12(4-6-13)10-18(25)22-14-7-8-15-17(11-14)28-20(23-15)24-19(26)16-2-1-9-27-16/h1-9,11H,10H2,(H,22,25)(H,23,24,26). The number of benzene rings is 2. The molecule has 4 aromatic rings. The van der Waals surface area contributed by atoms with Crippen LogP contribution >= 0.6 is 22.9 Å². The molecule has 2 aromatic heterocycles. The molecule has 0 atom stereocenters. The topological polar surface area (TPSA) is 84.2 Å². The molecule has 140 valence electrons. The van der Waals surface area contributed by atoms with Gasteiger partial charge in [0.2, 0.25) is 5.91 Å². The van der Waals surface area contributed by atoms with Crippen LogP contribution in [0.1, 0.15) is 16.1 Å². The molecule has 2 aromatic carbocycles. The third-order valence-electron chi connectivity index (χ3n) is 3.92. The lowest BCUT2D eigenvalue weighted by Gasteiger charge is -2.05. The highest BCUT2D eigenvalue weighted by atomic mass is 35.5. The number of carbonyl (C=O) groups excluding carboxylic acids is 2. The minimum Gasteiger partial charge on any atom is -0.459 e. The summed E-state index contributed by atoms with van der Waals surface area (Å²) < 4.78 is 5.92. The highest BCUT2D eigenvalue weighted by Crippen LogP contribution is 2.29. The van der Waals surface area contributed by atoms with E-state index in [-0.39, 0.29) is 24.0 Å². The number of hydrogen-bond acceptors (Lipinski definition) is 5. The fourth-order valence-electron chi connectivity index (χ4n) is 2.62. The van der Waals surface area contributed by atoms with Gasteiger partial charge in [0.1, 0.15) is 0 Å². The van der Waals surface area contributed by atoms with Crippen LogP contribution in [0.3, 0.4) is 0 Å². The SMILES string of the molecule is O=C(Cc1ccc(Cl)cc1)Nc1ccc2nc(NC(=O)c3ccco3)sc2c1. The minimum atomic E-state index is -0.361. The Balaban J connectivity index is 1.44. The van der Waals surface area contributed by atoms with Crippen molar-refractivity contribution in [3.05, 3.63) is 77.2 Å². The molecule has 8 heteroatoms. The van der Waals surface area contributed by atoms with Crippen LogP contribution in [0.5, 0.6) is 0 Å². The van der Waals surface area contributed by atoms with Crippen molar-refractivity contribution in [3.63, 3.8) is 0 Å². The molecule has 2 heterocycles. The first-order chi connectivity index (χ1) is 13.6. The largest absolute Gasteiger partial charge is 0.459 e. The van der Waals surface area contributed by atoms with Crippen molar-refractivity contribution in [1.29, 1.82) is 0 Å². The summed E-state index contributed by atoms with van der Waals surface area (Å²) in [7, 11) is 0. The van der Waals surface area contributed by atoms with Crippen LogP contribution in [0.25, 0.3) is 10.2 Å². The average molecular weight is 412 g/mol. The highest BCUT2D eigenvalue weighted by molar-refractivity contribution is 7.22. The molecule has 0 bridgehead atoms. The molecular weight excluding hydrogens is 398 g/mol. The summed E-state index contributed by atoms with van der Waals surface area (Å²) in [6.07, 6.45) is 1.69. The van der Waals surface area contributed by atoms with Crippen LogP contribution in [0.4, 0.5) is 10.8 Å². The normalized spacial score (nSPS) is 10.8. The van der Waals surface area contributed by atoms with Crippen molar-refractivity contribution in [1.82, 2.24) is 4.98 Å². The van der Waals surface area contributed by atoms with Gasteiger partial charge in [-0.25, -0.2) is 4.98 Å². The summed E-state index contributed by atoms with van der Waals surface area (Å²) in [6.45, 7) is 0. The van der Waals surface area contributed by atoms with Crippen molar-refractivity contribution in [3.8, 4) is 0 Å². The Bertz CT molecular complexity index is 1140. The number of aromatic nitrogens is 1. The number of nitrogens with zero attached hydrogens (tertiary/aromatic N) is 1. The fourth-order valence-corrected chi connectivity index (χ4v) is 3.64. The molecule has 0 aliphatic heterocycles. The molecule has 0 saturated heterocycles. The molecule has 2 amide bonds. The van der Waals surface area contributed by atoms with Crippen LogP contribution < -0.4 is 10.6 Å². The molecule has 4 rings (SSSR count). The maximum atomic E-state index is 12.3. The highest BCUT2D eigenvalue weighted by Gasteiger charge is 2.13. The zero-order chi connectivity index (χ0) is 19.5. The van der Waals surface area contributed by atoms with Crippen molar-refractivity contribution in [2.45, 2.75) is 6.42 Å². The fraction of sp³-hybridized carbons (Fsp3) is 0.0500. The minimum absolute atomic E-state index is 0.127. The van der Waals surface area contributed by atoms with Crippen molar-refractivity contribution in [2.24, 2.45) is 0 Å². The van der Waals surface area contributed by atoms with Gasteiger partial charge in [0.15, 0.2) is 10.9 Å². The zero-order valence-corrected chi connectivity index (χ0v) is 16.0. The van der Waals surface area contributed by atoms with E-state index in [1.165, 1.54) is 17.6 Å². The maximum absolute atomic E-state index is 12.3. The first-order valence-corrected chi connectivity index (χ1v) is 9.56. The third-order valence-corrected chi connectivity index (χ3v) is 5.10. The van der Waals surface area contributed by atoms with E-state index in [9.17, 15) is 9.59 Å². The Kier molecular flexibility index (Phi) is 5.10. The van der Waals surface area contributed by atoms with E-state index >= 15 is 0 Å². The van der Waals surface area contributed by atoms with Gasteiger partial charge in [-0.05, 0) is 48.0 Å². The van der Waals surface area contributed by atoms with Crippen LogP contribution in [-0.2, 0) is 11.2 Å². The number of amides is 2. The zero-order valence-electron chi connectivity index (χ0n) is 14.4. The summed E-state index contributed by atoms with van der Waals surface area (Å²) in [5, 5.41) is 6.68. The van der Waals surface area contributed by atoms with E-state index in [0.29, 0.717) is 15.8 Å². The molecule has 0 fully saturated rings. The van der Waals surface area contributed by atoms with Gasteiger partial charge in [0.25, 0.3) is 5.91 Å². The van der Waals surface area contributed by atoms with E-state index in [2.05, 4.69) is 15.6 Å². The van der Waals surface area contributed by atoms with Crippen LogP contribution in [0.15, 0.2) is 65.3 Å². The van der Waals surface area contributed by atoms with Gasteiger partial charge in [-0.2, -0.15) is 0 Å². The van der Waals surface area contributed by atoms with Gasteiger partial charge < -0.3 is 9.73 Å². The second-order valence-electron chi connectivity index (χ2n) is 5.98. The summed E-state index contributed by atoms with van der Waals surface area (Å²) in [6, 6.07) is 15.8. The molecule has 0 radical (unpaired) electrons. The molecule has 0 spiro atoms. The van der Waals surface area contributed by atoms with Crippen LogP contribution in [-0.4, -0.2) is 16.8 Å². The maximum Gasteiger partial charge on any atom is 0.293 e. The number of halogens is 1. The Morgan fingerprint density at radius 2 is 1.89 bits per heavy atom. The van der Waals surface area contributed by atoms with Gasteiger partial charge in [-0.15, -0.1) is 0 Å². The van der Waals surface area contributed by atoms with Gasteiger partial charge in [0.05, 0.1) is 22.9 Å². The Labute approximate surface area is 169 Å². The van der Waals surface area contributed by atoms with Crippen molar-refractivity contribution >= 4 is 55.8 Å². The summed E-state index contributed by atoms with van der Waals surface area (Å²) in [5.74, 6) is -0.271. The van der Waals surface area contributed by atoms with E-state index in [1.54, 1.807) is 36.4 Å². The van der Waals surface area contributed by atoms with E-state index < -0.39 is 0 Å². The van der Waals surface area contributed by atoms with Gasteiger partial charge in [-0.3, -0.25) is 14.9 Å². The molecular formula is C20H14ClN3O3S. The molecule has 0 saturated carbocycles. The predicted octanol–water partition coefficient (Wildman–Crippen LogP) is 4.98. The number of hydrogen-bond donors (Lipinski definition) is 2. The smallest absolute Gasteiger partial charge is 0.293 e.